The number of nitrogens with one attached hydrogen (secondary N) is 1. The Labute approximate surface area is 214 Å². The SMILES string of the molecule is CCCCCCCCCCCCCCCCCCN[C@@H](Cc1ccccc1)C(=O)O.[NaH]. The van der Waals surface area contributed by atoms with E-state index < -0.39 is 12.0 Å². The molecule has 0 saturated carbocycles. The van der Waals surface area contributed by atoms with E-state index in [9.17, 15) is 9.90 Å². The predicted molar refractivity (Wildman–Crippen MR) is 136 cm³/mol. The summed E-state index contributed by atoms with van der Waals surface area (Å²) in [5.41, 5.74) is 1.07. The average molecular weight is 442 g/mol. The number of unbranched alkanes of at least 4 members (excludes halogenated alkanes) is 15. The summed E-state index contributed by atoms with van der Waals surface area (Å²) < 4.78 is 0. The number of rotatable bonds is 21. The minimum atomic E-state index is -0.754. The van der Waals surface area contributed by atoms with E-state index in [1.54, 1.807) is 0 Å². The first kappa shape index (κ1) is 30.6. The van der Waals surface area contributed by atoms with Crippen molar-refractivity contribution >= 4 is 35.5 Å². The molecular weight excluding hydrogens is 393 g/mol. The second-order valence-electron chi connectivity index (χ2n) is 8.84. The molecule has 0 radical (unpaired) electrons. The second-order valence-corrected chi connectivity index (χ2v) is 8.84. The minimum absolute atomic E-state index is 0. The first-order chi connectivity index (χ1) is 14.7. The van der Waals surface area contributed by atoms with Crippen molar-refractivity contribution in [2.24, 2.45) is 0 Å². The van der Waals surface area contributed by atoms with Crippen LogP contribution in [-0.2, 0) is 11.2 Å². The number of benzene rings is 1. The third-order valence-electron chi connectivity index (χ3n) is 6.00. The molecule has 0 aliphatic heterocycles. The third kappa shape index (κ3) is 18.9. The Kier molecular flexibility index (Phi) is 22.6. The fourth-order valence-electron chi connectivity index (χ4n) is 4.05. The maximum atomic E-state index is 11.4. The van der Waals surface area contributed by atoms with Crippen molar-refractivity contribution in [1.82, 2.24) is 5.32 Å². The summed E-state index contributed by atoms with van der Waals surface area (Å²) in [6.07, 6.45) is 22.3. The zero-order valence-corrected chi connectivity index (χ0v) is 19.5. The van der Waals surface area contributed by atoms with Crippen LogP contribution in [-0.4, -0.2) is 53.2 Å². The monoisotopic (exact) mass is 441 g/mol. The van der Waals surface area contributed by atoms with Crippen LogP contribution in [0.3, 0.4) is 0 Å². The summed E-state index contributed by atoms with van der Waals surface area (Å²) in [4.78, 5) is 11.4. The van der Waals surface area contributed by atoms with Crippen molar-refractivity contribution in [2.75, 3.05) is 6.54 Å². The maximum absolute atomic E-state index is 11.4. The fourth-order valence-corrected chi connectivity index (χ4v) is 4.05. The van der Waals surface area contributed by atoms with E-state index in [2.05, 4.69) is 12.2 Å². The Morgan fingerprint density at radius 1 is 0.742 bits per heavy atom. The molecule has 0 aliphatic rings. The summed E-state index contributed by atoms with van der Waals surface area (Å²) in [6.45, 7) is 3.07. The molecule has 0 saturated heterocycles. The van der Waals surface area contributed by atoms with Crippen LogP contribution in [0.2, 0.25) is 0 Å². The third-order valence-corrected chi connectivity index (χ3v) is 6.00. The van der Waals surface area contributed by atoms with Gasteiger partial charge in [-0.2, -0.15) is 0 Å². The Hall–Kier alpha value is -0.350. The standard InChI is InChI=1S/C27H47NO2.Na.H/c1-2-3-4-5-6-7-8-9-10-11-12-13-14-15-16-20-23-28-26(27(29)30)24-25-21-18-17-19-22-25;;/h17-19,21-22,26,28H,2-16,20,23-24H2,1H3,(H,29,30);;/t26-;;/m0../s1. The summed E-state index contributed by atoms with van der Waals surface area (Å²) in [7, 11) is 0. The molecule has 4 heteroatoms. The van der Waals surface area contributed by atoms with Gasteiger partial charge in [0.15, 0.2) is 0 Å². The van der Waals surface area contributed by atoms with Gasteiger partial charge in [-0.3, -0.25) is 4.79 Å². The van der Waals surface area contributed by atoms with Crippen LogP contribution in [0.1, 0.15) is 115 Å². The number of aliphatic carboxylic acids is 1. The van der Waals surface area contributed by atoms with E-state index in [0.717, 1.165) is 18.5 Å². The molecule has 0 aromatic heterocycles. The number of carboxylic acids is 1. The second kappa shape index (κ2) is 22.8. The Morgan fingerprint density at radius 3 is 1.58 bits per heavy atom. The van der Waals surface area contributed by atoms with Crippen LogP contribution < -0.4 is 5.32 Å². The molecule has 31 heavy (non-hydrogen) atoms. The van der Waals surface area contributed by atoms with Crippen LogP contribution in [0.25, 0.3) is 0 Å². The van der Waals surface area contributed by atoms with Crippen LogP contribution >= 0.6 is 0 Å². The van der Waals surface area contributed by atoms with Crippen LogP contribution in [0.4, 0.5) is 0 Å². The van der Waals surface area contributed by atoms with E-state index in [1.165, 1.54) is 96.3 Å². The molecule has 1 atom stereocenters. The first-order valence-electron chi connectivity index (χ1n) is 12.7. The van der Waals surface area contributed by atoms with E-state index in [-0.39, 0.29) is 29.6 Å². The van der Waals surface area contributed by atoms with Crippen molar-refractivity contribution in [1.29, 1.82) is 0 Å². The summed E-state index contributed by atoms with van der Waals surface area (Å²) >= 11 is 0. The van der Waals surface area contributed by atoms with Crippen molar-refractivity contribution in [2.45, 2.75) is 122 Å². The molecule has 1 rings (SSSR count). The van der Waals surface area contributed by atoms with E-state index in [0.29, 0.717) is 6.42 Å². The molecule has 174 valence electrons. The van der Waals surface area contributed by atoms with Crippen LogP contribution in [0.5, 0.6) is 0 Å². The number of hydrogen-bond acceptors (Lipinski definition) is 2. The topological polar surface area (TPSA) is 49.3 Å². The molecule has 0 unspecified atom stereocenters. The number of carbonyl (C=O) groups is 1. The Morgan fingerprint density at radius 2 is 1.16 bits per heavy atom. The van der Waals surface area contributed by atoms with Gasteiger partial charge in [-0.25, -0.2) is 0 Å². The molecule has 0 amide bonds. The summed E-state index contributed by atoms with van der Waals surface area (Å²) in [5.74, 6) is -0.754. The molecule has 2 N–H and O–H groups in total. The molecule has 1 aromatic carbocycles. The Balaban J connectivity index is 0.00000900. The molecule has 0 bridgehead atoms. The van der Waals surface area contributed by atoms with E-state index in [1.807, 2.05) is 30.3 Å². The molecule has 3 nitrogen and oxygen atoms in total. The molecular formula is C27H48NNaO2. The van der Waals surface area contributed by atoms with E-state index in [4.69, 9.17) is 0 Å². The predicted octanol–water partition coefficient (Wildman–Crippen LogP) is 6.88. The van der Waals surface area contributed by atoms with Crippen molar-refractivity contribution in [3.8, 4) is 0 Å². The van der Waals surface area contributed by atoms with Gasteiger partial charge in [-0.05, 0) is 24.9 Å². The molecule has 0 spiro atoms. The zero-order chi connectivity index (χ0) is 21.7. The van der Waals surface area contributed by atoms with Crippen molar-refractivity contribution in [3.05, 3.63) is 35.9 Å². The van der Waals surface area contributed by atoms with Gasteiger partial charge in [0.05, 0.1) is 0 Å². The van der Waals surface area contributed by atoms with Gasteiger partial charge >= 0.3 is 35.5 Å². The average Bonchev–Trinajstić information content (AvgIpc) is 2.75. The van der Waals surface area contributed by atoms with Crippen molar-refractivity contribution in [3.63, 3.8) is 0 Å². The molecule has 0 fully saturated rings. The zero-order valence-electron chi connectivity index (χ0n) is 19.5. The Bertz CT molecular complexity index is 509. The molecule has 0 aliphatic carbocycles. The fraction of sp³-hybridized carbons (Fsp3) is 0.741. The molecule has 1 aromatic rings. The number of hydrogen-bond donors (Lipinski definition) is 2. The van der Waals surface area contributed by atoms with E-state index >= 15 is 0 Å². The number of carboxylic acid groups (broad SMARTS) is 1. The molecule has 0 heterocycles. The summed E-state index contributed by atoms with van der Waals surface area (Å²) in [5, 5.41) is 12.6. The van der Waals surface area contributed by atoms with Crippen molar-refractivity contribution < 1.29 is 9.90 Å². The van der Waals surface area contributed by atoms with Gasteiger partial charge in [-0.1, -0.05) is 134 Å². The van der Waals surface area contributed by atoms with Gasteiger partial charge in [0.2, 0.25) is 0 Å². The van der Waals surface area contributed by atoms with Gasteiger partial charge in [0, 0.05) is 0 Å². The van der Waals surface area contributed by atoms with Gasteiger partial charge in [0.1, 0.15) is 6.04 Å². The van der Waals surface area contributed by atoms with Crippen LogP contribution in [0.15, 0.2) is 30.3 Å². The summed E-state index contributed by atoms with van der Waals surface area (Å²) in [6, 6.07) is 9.39. The quantitative estimate of drug-likeness (QED) is 0.161. The van der Waals surface area contributed by atoms with Gasteiger partial charge in [0.25, 0.3) is 0 Å². The van der Waals surface area contributed by atoms with Crippen LogP contribution in [0, 0.1) is 0 Å². The van der Waals surface area contributed by atoms with Gasteiger partial charge < -0.3 is 10.4 Å². The normalized spacial score (nSPS) is 11.8. The first-order valence-corrected chi connectivity index (χ1v) is 12.7. The van der Waals surface area contributed by atoms with Gasteiger partial charge in [-0.15, -0.1) is 0 Å².